The number of nitrogens with zero attached hydrogens (tertiary/aromatic N) is 4. The van der Waals surface area contributed by atoms with Crippen LogP contribution in [0.1, 0.15) is 33.6 Å². The van der Waals surface area contributed by atoms with Crippen molar-refractivity contribution in [2.75, 3.05) is 32.3 Å². The molecule has 5 rings (SSSR count). The number of aromatic nitrogens is 3. The molecule has 0 spiro atoms. The highest BCUT2D eigenvalue weighted by Crippen LogP contribution is 2.38. The lowest BCUT2D eigenvalue weighted by atomic mass is 10.1. The molecule has 9 heteroatoms. The standard InChI is InChI=1S/C27H28N6O3/c1-32(2)27(35)17-9-7-16(8-10-17)13-23(34)31-20-12-11-18(14-22(20)36-3)33-21-6-4-5-19(21)24-25(33)26(28)30-15-29-24/h7-12,14-15H,4-6,13H2,1-3H3,(H,31,34)(H2,28,29,30). The number of carbonyl (C=O) groups excluding carboxylic acids is 2. The minimum absolute atomic E-state index is 0.0785. The molecule has 0 bridgehead atoms. The van der Waals surface area contributed by atoms with Crippen molar-refractivity contribution in [3.05, 3.63) is 71.2 Å². The summed E-state index contributed by atoms with van der Waals surface area (Å²) in [5.41, 5.74) is 13.2. The lowest BCUT2D eigenvalue weighted by molar-refractivity contribution is -0.115. The molecule has 184 valence electrons. The van der Waals surface area contributed by atoms with E-state index in [0.29, 0.717) is 22.8 Å². The molecule has 0 saturated heterocycles. The van der Waals surface area contributed by atoms with E-state index < -0.39 is 0 Å². The number of benzene rings is 2. The number of methoxy groups -OCH3 is 1. The Bertz CT molecular complexity index is 1470. The molecule has 1 aliphatic carbocycles. The molecule has 0 unspecified atom stereocenters. The molecule has 0 radical (unpaired) electrons. The van der Waals surface area contributed by atoms with Crippen molar-refractivity contribution in [3.8, 4) is 11.4 Å². The Kier molecular flexibility index (Phi) is 6.05. The smallest absolute Gasteiger partial charge is 0.253 e. The van der Waals surface area contributed by atoms with Crippen molar-refractivity contribution >= 4 is 34.4 Å². The van der Waals surface area contributed by atoms with E-state index in [1.165, 1.54) is 22.5 Å². The lowest BCUT2D eigenvalue weighted by Gasteiger charge is -2.15. The molecular weight excluding hydrogens is 456 g/mol. The van der Waals surface area contributed by atoms with Crippen LogP contribution in [0.15, 0.2) is 48.8 Å². The number of aryl methyl sites for hydroxylation is 1. The molecule has 2 aromatic heterocycles. The Balaban J connectivity index is 1.39. The summed E-state index contributed by atoms with van der Waals surface area (Å²) in [6.45, 7) is 0. The zero-order valence-electron chi connectivity index (χ0n) is 20.5. The predicted octanol–water partition coefficient (Wildman–Crippen LogP) is 3.38. The van der Waals surface area contributed by atoms with Gasteiger partial charge >= 0.3 is 0 Å². The van der Waals surface area contributed by atoms with Crippen molar-refractivity contribution in [1.82, 2.24) is 19.4 Å². The second kappa shape index (κ2) is 9.33. The van der Waals surface area contributed by atoms with Crippen LogP contribution in [0.25, 0.3) is 16.7 Å². The molecule has 2 amide bonds. The van der Waals surface area contributed by atoms with Crippen molar-refractivity contribution < 1.29 is 14.3 Å². The van der Waals surface area contributed by atoms with Crippen LogP contribution in [0, 0.1) is 0 Å². The first-order chi connectivity index (χ1) is 17.4. The number of anilines is 2. The first kappa shape index (κ1) is 23.3. The van der Waals surface area contributed by atoms with Gasteiger partial charge in [-0.1, -0.05) is 12.1 Å². The predicted molar refractivity (Wildman–Crippen MR) is 139 cm³/mol. The summed E-state index contributed by atoms with van der Waals surface area (Å²) in [5, 5.41) is 2.94. The van der Waals surface area contributed by atoms with E-state index in [0.717, 1.165) is 41.5 Å². The molecule has 0 saturated carbocycles. The fraction of sp³-hybridized carbons (Fsp3) is 0.259. The monoisotopic (exact) mass is 484 g/mol. The maximum absolute atomic E-state index is 12.8. The number of carbonyl (C=O) groups is 2. The van der Waals surface area contributed by atoms with Gasteiger partial charge < -0.3 is 25.3 Å². The highest BCUT2D eigenvalue weighted by Gasteiger charge is 2.25. The second-order valence-corrected chi connectivity index (χ2v) is 9.08. The third-order valence-corrected chi connectivity index (χ3v) is 6.51. The summed E-state index contributed by atoms with van der Waals surface area (Å²) in [6, 6.07) is 12.7. The molecule has 0 fully saturated rings. The van der Waals surface area contributed by atoms with Gasteiger partial charge in [0.1, 0.15) is 17.6 Å². The summed E-state index contributed by atoms with van der Waals surface area (Å²) in [7, 11) is 4.99. The van der Waals surface area contributed by atoms with Gasteiger partial charge in [0.25, 0.3) is 5.91 Å². The molecule has 2 heterocycles. The van der Waals surface area contributed by atoms with Gasteiger partial charge in [-0.15, -0.1) is 0 Å². The van der Waals surface area contributed by atoms with Crippen LogP contribution in [-0.2, 0) is 24.1 Å². The molecule has 36 heavy (non-hydrogen) atoms. The Morgan fingerprint density at radius 2 is 1.89 bits per heavy atom. The van der Waals surface area contributed by atoms with Crippen LogP contribution in [0.3, 0.4) is 0 Å². The highest BCUT2D eigenvalue weighted by atomic mass is 16.5. The van der Waals surface area contributed by atoms with Gasteiger partial charge in [-0.25, -0.2) is 9.97 Å². The zero-order valence-corrected chi connectivity index (χ0v) is 20.5. The topological polar surface area (TPSA) is 115 Å². The number of hydrogen-bond acceptors (Lipinski definition) is 6. The van der Waals surface area contributed by atoms with Crippen molar-refractivity contribution in [3.63, 3.8) is 0 Å². The van der Waals surface area contributed by atoms with Crippen LogP contribution in [0.2, 0.25) is 0 Å². The molecule has 0 aliphatic heterocycles. The largest absolute Gasteiger partial charge is 0.494 e. The molecule has 9 nitrogen and oxygen atoms in total. The Morgan fingerprint density at radius 3 is 2.61 bits per heavy atom. The van der Waals surface area contributed by atoms with E-state index in [9.17, 15) is 9.59 Å². The SMILES string of the molecule is COc1cc(-n2c3c(c4ncnc(N)c42)CCC3)ccc1NC(=O)Cc1ccc(C(=O)N(C)C)cc1. The first-order valence-corrected chi connectivity index (χ1v) is 11.8. The Hall–Kier alpha value is -4.40. The van der Waals surface area contributed by atoms with Crippen molar-refractivity contribution in [1.29, 1.82) is 0 Å². The molecule has 2 aromatic carbocycles. The average Bonchev–Trinajstić information content (AvgIpc) is 3.46. The average molecular weight is 485 g/mol. The number of amides is 2. The van der Waals surface area contributed by atoms with Gasteiger partial charge in [0.05, 0.1) is 24.7 Å². The summed E-state index contributed by atoms with van der Waals surface area (Å²) < 4.78 is 7.74. The van der Waals surface area contributed by atoms with Gasteiger partial charge in [0.15, 0.2) is 5.82 Å². The van der Waals surface area contributed by atoms with E-state index in [1.54, 1.807) is 45.5 Å². The number of nitrogens with one attached hydrogen (secondary N) is 1. The second-order valence-electron chi connectivity index (χ2n) is 9.08. The summed E-state index contributed by atoms with van der Waals surface area (Å²) >= 11 is 0. The Morgan fingerprint density at radius 1 is 1.11 bits per heavy atom. The Labute approximate surface area is 208 Å². The number of hydrogen-bond donors (Lipinski definition) is 2. The van der Waals surface area contributed by atoms with Crippen LogP contribution in [-0.4, -0.2) is 52.5 Å². The number of fused-ring (bicyclic) bond motifs is 3. The van der Waals surface area contributed by atoms with E-state index in [4.69, 9.17) is 10.5 Å². The lowest BCUT2D eigenvalue weighted by Crippen LogP contribution is -2.21. The summed E-state index contributed by atoms with van der Waals surface area (Å²) in [5.74, 6) is 0.712. The minimum atomic E-state index is -0.183. The first-order valence-electron chi connectivity index (χ1n) is 11.8. The minimum Gasteiger partial charge on any atom is -0.494 e. The summed E-state index contributed by atoms with van der Waals surface area (Å²) in [6.07, 6.45) is 4.65. The number of ether oxygens (including phenoxy) is 1. The molecule has 4 aromatic rings. The fourth-order valence-corrected chi connectivity index (χ4v) is 4.81. The normalized spacial score (nSPS) is 12.4. The van der Waals surface area contributed by atoms with Gasteiger partial charge in [-0.3, -0.25) is 9.59 Å². The number of nitrogens with two attached hydrogens (primary N) is 1. The van der Waals surface area contributed by atoms with Crippen LogP contribution in [0.5, 0.6) is 5.75 Å². The maximum atomic E-state index is 12.8. The molecule has 1 aliphatic rings. The van der Waals surface area contributed by atoms with E-state index in [-0.39, 0.29) is 18.2 Å². The van der Waals surface area contributed by atoms with Gasteiger partial charge in [-0.05, 0) is 54.7 Å². The van der Waals surface area contributed by atoms with E-state index in [1.807, 2.05) is 18.2 Å². The quantitative estimate of drug-likeness (QED) is 0.434. The highest BCUT2D eigenvalue weighted by molar-refractivity contribution is 5.96. The van der Waals surface area contributed by atoms with Crippen LogP contribution in [0.4, 0.5) is 11.5 Å². The van der Waals surface area contributed by atoms with Crippen molar-refractivity contribution in [2.45, 2.75) is 25.7 Å². The number of rotatable bonds is 6. The molecule has 0 atom stereocenters. The third-order valence-electron chi connectivity index (χ3n) is 6.51. The van der Waals surface area contributed by atoms with E-state index >= 15 is 0 Å². The van der Waals surface area contributed by atoms with E-state index in [2.05, 4.69) is 19.9 Å². The van der Waals surface area contributed by atoms with Gasteiger partial charge in [-0.2, -0.15) is 0 Å². The fourth-order valence-electron chi connectivity index (χ4n) is 4.81. The van der Waals surface area contributed by atoms with Gasteiger partial charge in [0.2, 0.25) is 5.91 Å². The summed E-state index contributed by atoms with van der Waals surface area (Å²) in [4.78, 5) is 35.1. The number of nitrogen functional groups attached to an aromatic ring is 1. The molecule has 3 N–H and O–H groups in total. The molecular formula is C27H28N6O3. The zero-order chi connectivity index (χ0) is 25.4. The van der Waals surface area contributed by atoms with Crippen LogP contribution < -0.4 is 15.8 Å². The van der Waals surface area contributed by atoms with Crippen LogP contribution >= 0.6 is 0 Å². The maximum Gasteiger partial charge on any atom is 0.253 e. The van der Waals surface area contributed by atoms with Gasteiger partial charge in [0, 0.05) is 37.1 Å². The third kappa shape index (κ3) is 4.13. The van der Waals surface area contributed by atoms with Crippen molar-refractivity contribution in [2.24, 2.45) is 0 Å².